The third kappa shape index (κ3) is 1.78. The van der Waals surface area contributed by atoms with Crippen LogP contribution in [0.25, 0.3) is 11.0 Å². The molecule has 1 aromatic heterocycles. The number of para-hydroxylation sites is 1. The van der Waals surface area contributed by atoms with E-state index in [2.05, 4.69) is 4.98 Å². The van der Waals surface area contributed by atoms with E-state index in [1.807, 2.05) is 28.8 Å². The Kier molecular flexibility index (Phi) is 2.47. The van der Waals surface area contributed by atoms with Crippen LogP contribution in [0.5, 0.6) is 5.75 Å². The van der Waals surface area contributed by atoms with Gasteiger partial charge < -0.3 is 14.4 Å². The van der Waals surface area contributed by atoms with Gasteiger partial charge in [0.05, 0.1) is 29.0 Å². The normalized spacial score (nSPS) is 16.7. The number of carboxylic acid groups (broad SMARTS) is 1. The van der Waals surface area contributed by atoms with Gasteiger partial charge in [-0.2, -0.15) is 0 Å². The molecule has 2 heterocycles. The minimum Gasteiger partial charge on any atom is -0.491 e. The molecule has 1 unspecified atom stereocenters. The van der Waals surface area contributed by atoms with Crippen LogP contribution in [0.2, 0.25) is 0 Å². The summed E-state index contributed by atoms with van der Waals surface area (Å²) in [6.07, 6.45) is 1.74. The quantitative estimate of drug-likeness (QED) is 0.784. The topological polar surface area (TPSA) is 64.3 Å². The van der Waals surface area contributed by atoms with Crippen molar-refractivity contribution in [2.24, 2.45) is 0 Å². The Balaban J connectivity index is 1.84. The number of nitrogens with zero attached hydrogens (tertiary/aromatic N) is 2. The van der Waals surface area contributed by atoms with Crippen molar-refractivity contribution in [2.75, 3.05) is 6.61 Å². The number of hydrogen-bond acceptors (Lipinski definition) is 3. The minimum atomic E-state index is -0.944. The van der Waals surface area contributed by atoms with Gasteiger partial charge in [-0.1, -0.05) is 18.2 Å². The molecule has 1 atom stereocenters. The maximum absolute atomic E-state index is 11.0. The molecule has 0 saturated heterocycles. The van der Waals surface area contributed by atoms with Crippen molar-refractivity contribution in [2.45, 2.75) is 6.04 Å². The average molecular weight is 280 g/mol. The molecule has 5 nitrogen and oxygen atoms in total. The fourth-order valence-corrected chi connectivity index (χ4v) is 2.79. The number of carbonyl (C=O) groups is 1. The van der Waals surface area contributed by atoms with E-state index in [1.54, 1.807) is 24.5 Å². The van der Waals surface area contributed by atoms with Crippen LogP contribution < -0.4 is 4.74 Å². The van der Waals surface area contributed by atoms with Crippen molar-refractivity contribution < 1.29 is 14.6 Å². The summed E-state index contributed by atoms with van der Waals surface area (Å²) in [7, 11) is 0. The maximum Gasteiger partial charge on any atom is 0.335 e. The Hall–Kier alpha value is -2.82. The fourth-order valence-electron chi connectivity index (χ4n) is 2.79. The first-order valence-electron chi connectivity index (χ1n) is 6.65. The SMILES string of the molecule is O=C(O)c1ccc2c(c1)ncn2C1COc2ccccc21. The molecule has 104 valence electrons. The molecule has 2 aromatic carbocycles. The highest BCUT2D eigenvalue weighted by molar-refractivity contribution is 5.92. The Morgan fingerprint density at radius 3 is 3.00 bits per heavy atom. The summed E-state index contributed by atoms with van der Waals surface area (Å²) in [6.45, 7) is 0.561. The lowest BCUT2D eigenvalue weighted by molar-refractivity contribution is 0.0697. The lowest BCUT2D eigenvalue weighted by Gasteiger charge is -2.12. The summed E-state index contributed by atoms with van der Waals surface area (Å²) in [5.41, 5.74) is 2.96. The summed E-state index contributed by atoms with van der Waals surface area (Å²) >= 11 is 0. The molecule has 0 bridgehead atoms. The monoisotopic (exact) mass is 280 g/mol. The van der Waals surface area contributed by atoms with Gasteiger partial charge in [0.25, 0.3) is 0 Å². The molecule has 1 aliphatic rings. The summed E-state index contributed by atoms with van der Waals surface area (Å²) in [5, 5.41) is 9.04. The van der Waals surface area contributed by atoms with Gasteiger partial charge >= 0.3 is 5.97 Å². The van der Waals surface area contributed by atoms with Crippen molar-refractivity contribution in [1.82, 2.24) is 9.55 Å². The number of hydrogen-bond donors (Lipinski definition) is 1. The zero-order chi connectivity index (χ0) is 14.4. The van der Waals surface area contributed by atoms with Gasteiger partial charge in [-0.3, -0.25) is 0 Å². The van der Waals surface area contributed by atoms with E-state index < -0.39 is 5.97 Å². The van der Waals surface area contributed by atoms with E-state index in [1.165, 1.54) is 0 Å². The highest BCUT2D eigenvalue weighted by atomic mass is 16.5. The second kappa shape index (κ2) is 4.34. The first kappa shape index (κ1) is 12.0. The molecule has 0 radical (unpaired) electrons. The molecule has 0 fully saturated rings. The first-order chi connectivity index (χ1) is 10.2. The molecule has 0 amide bonds. The third-order valence-electron chi connectivity index (χ3n) is 3.83. The third-order valence-corrected chi connectivity index (χ3v) is 3.83. The van der Waals surface area contributed by atoms with E-state index in [0.717, 1.165) is 16.8 Å². The Bertz CT molecular complexity index is 854. The number of ether oxygens (including phenoxy) is 1. The van der Waals surface area contributed by atoms with Crippen LogP contribution >= 0.6 is 0 Å². The molecule has 0 aliphatic carbocycles. The maximum atomic E-state index is 11.0. The summed E-state index contributed by atoms with van der Waals surface area (Å²) in [6, 6.07) is 13.0. The summed E-state index contributed by atoms with van der Waals surface area (Å²) in [4.78, 5) is 15.3. The van der Waals surface area contributed by atoms with Gasteiger partial charge in [-0.05, 0) is 24.3 Å². The largest absolute Gasteiger partial charge is 0.491 e. The van der Waals surface area contributed by atoms with Crippen LogP contribution in [0.1, 0.15) is 22.0 Å². The van der Waals surface area contributed by atoms with Gasteiger partial charge in [0.15, 0.2) is 0 Å². The lowest BCUT2D eigenvalue weighted by atomic mass is 10.1. The molecule has 0 saturated carbocycles. The minimum absolute atomic E-state index is 0.0712. The summed E-state index contributed by atoms with van der Waals surface area (Å²) in [5.74, 6) is -0.0486. The van der Waals surface area contributed by atoms with Crippen molar-refractivity contribution in [3.05, 3.63) is 59.9 Å². The highest BCUT2D eigenvalue weighted by Gasteiger charge is 2.26. The number of imidazole rings is 1. The van der Waals surface area contributed by atoms with Crippen molar-refractivity contribution in [1.29, 1.82) is 0 Å². The lowest BCUT2D eigenvalue weighted by Crippen LogP contribution is -2.10. The highest BCUT2D eigenvalue weighted by Crippen LogP contribution is 2.36. The average Bonchev–Trinajstić information content (AvgIpc) is 3.09. The van der Waals surface area contributed by atoms with Gasteiger partial charge in [0.2, 0.25) is 0 Å². The number of benzene rings is 2. The molecule has 1 N–H and O–H groups in total. The van der Waals surface area contributed by atoms with Gasteiger partial charge in [-0.25, -0.2) is 9.78 Å². The van der Waals surface area contributed by atoms with Crippen LogP contribution in [0.15, 0.2) is 48.8 Å². The van der Waals surface area contributed by atoms with E-state index >= 15 is 0 Å². The Morgan fingerprint density at radius 1 is 1.29 bits per heavy atom. The van der Waals surface area contributed by atoms with E-state index in [-0.39, 0.29) is 11.6 Å². The zero-order valence-corrected chi connectivity index (χ0v) is 11.1. The fraction of sp³-hybridized carbons (Fsp3) is 0.125. The van der Waals surface area contributed by atoms with Crippen LogP contribution in [0, 0.1) is 0 Å². The molecule has 3 aromatic rings. The van der Waals surface area contributed by atoms with Gasteiger partial charge in [0, 0.05) is 5.56 Å². The second-order valence-corrected chi connectivity index (χ2v) is 5.03. The zero-order valence-electron chi connectivity index (χ0n) is 11.1. The van der Waals surface area contributed by atoms with E-state index in [4.69, 9.17) is 9.84 Å². The van der Waals surface area contributed by atoms with Gasteiger partial charge in [-0.15, -0.1) is 0 Å². The van der Waals surface area contributed by atoms with Crippen molar-refractivity contribution >= 4 is 17.0 Å². The number of aromatic carboxylic acids is 1. The Labute approximate surface area is 120 Å². The molecular weight excluding hydrogens is 268 g/mol. The van der Waals surface area contributed by atoms with Gasteiger partial charge in [0.1, 0.15) is 12.4 Å². The number of aromatic nitrogens is 2. The number of carboxylic acids is 1. The number of rotatable bonds is 2. The Morgan fingerprint density at radius 2 is 2.14 bits per heavy atom. The molecule has 5 heteroatoms. The summed E-state index contributed by atoms with van der Waals surface area (Å²) < 4.78 is 7.74. The molecule has 21 heavy (non-hydrogen) atoms. The van der Waals surface area contributed by atoms with E-state index in [0.29, 0.717) is 12.1 Å². The van der Waals surface area contributed by atoms with Crippen molar-refractivity contribution in [3.63, 3.8) is 0 Å². The predicted molar refractivity (Wildman–Crippen MR) is 76.8 cm³/mol. The van der Waals surface area contributed by atoms with Crippen LogP contribution in [0.4, 0.5) is 0 Å². The molecule has 4 rings (SSSR count). The molecule has 0 spiro atoms. The second-order valence-electron chi connectivity index (χ2n) is 5.03. The first-order valence-corrected chi connectivity index (χ1v) is 6.65. The van der Waals surface area contributed by atoms with Crippen LogP contribution in [-0.2, 0) is 0 Å². The number of fused-ring (bicyclic) bond motifs is 2. The molecular formula is C16H12N2O3. The van der Waals surface area contributed by atoms with Crippen molar-refractivity contribution in [3.8, 4) is 5.75 Å². The standard InChI is InChI=1S/C16H12N2O3/c19-16(20)10-5-6-13-12(7-10)17-9-18(13)14-8-21-15-4-2-1-3-11(14)15/h1-7,9,14H,8H2,(H,19,20). The van der Waals surface area contributed by atoms with E-state index in [9.17, 15) is 4.79 Å². The smallest absolute Gasteiger partial charge is 0.335 e. The van der Waals surface area contributed by atoms with Crippen LogP contribution in [-0.4, -0.2) is 27.2 Å². The molecule has 1 aliphatic heterocycles. The predicted octanol–water partition coefficient (Wildman–Crippen LogP) is 2.72. The van der Waals surface area contributed by atoms with Crippen LogP contribution in [0.3, 0.4) is 0 Å².